The van der Waals surface area contributed by atoms with Crippen LogP contribution in [0.3, 0.4) is 0 Å². The van der Waals surface area contributed by atoms with Crippen LogP contribution in [0.4, 0.5) is 10.8 Å². The zero-order valence-electron chi connectivity index (χ0n) is 11.4. The smallest absolute Gasteiger partial charge is 0.197 e. The topological polar surface area (TPSA) is 78.0 Å². The number of rotatable bonds is 6. The molecule has 0 saturated heterocycles. The highest BCUT2D eigenvalue weighted by molar-refractivity contribution is 7.11. The molecule has 2 rings (SSSR count). The SMILES string of the molecule is CC(C)Oc1c(N)nsc1NCCc1ccnn1C. The Balaban J connectivity index is 1.94. The molecule has 0 fully saturated rings. The van der Waals surface area contributed by atoms with Gasteiger partial charge in [-0.25, -0.2) is 0 Å². The Morgan fingerprint density at radius 3 is 2.95 bits per heavy atom. The zero-order valence-corrected chi connectivity index (χ0v) is 12.2. The predicted molar refractivity (Wildman–Crippen MR) is 77.7 cm³/mol. The Bertz CT molecular complexity index is 534. The number of nitrogens with one attached hydrogen (secondary N) is 1. The van der Waals surface area contributed by atoms with Gasteiger partial charge in [-0.1, -0.05) is 0 Å². The largest absolute Gasteiger partial charge is 0.484 e. The van der Waals surface area contributed by atoms with E-state index < -0.39 is 0 Å². The molecule has 0 unspecified atom stereocenters. The van der Waals surface area contributed by atoms with Crippen molar-refractivity contribution in [2.75, 3.05) is 17.6 Å². The molecule has 0 radical (unpaired) electrons. The lowest BCUT2D eigenvalue weighted by atomic mass is 10.3. The molecule has 0 atom stereocenters. The summed E-state index contributed by atoms with van der Waals surface area (Å²) < 4.78 is 11.7. The van der Waals surface area contributed by atoms with Gasteiger partial charge in [-0.2, -0.15) is 9.47 Å². The molecule has 0 spiro atoms. The van der Waals surface area contributed by atoms with Crippen molar-refractivity contribution in [3.63, 3.8) is 0 Å². The van der Waals surface area contributed by atoms with Crippen LogP contribution in [0.1, 0.15) is 19.5 Å². The monoisotopic (exact) mass is 281 g/mol. The van der Waals surface area contributed by atoms with Gasteiger partial charge < -0.3 is 15.8 Å². The molecule has 0 amide bonds. The number of anilines is 2. The van der Waals surface area contributed by atoms with Crippen molar-refractivity contribution < 1.29 is 4.74 Å². The van der Waals surface area contributed by atoms with Gasteiger partial charge in [0.2, 0.25) is 0 Å². The molecule has 3 N–H and O–H groups in total. The summed E-state index contributed by atoms with van der Waals surface area (Å²) in [6, 6.07) is 2.01. The van der Waals surface area contributed by atoms with Gasteiger partial charge in [-0.3, -0.25) is 4.68 Å². The molecular weight excluding hydrogens is 262 g/mol. The van der Waals surface area contributed by atoms with Crippen LogP contribution in [0.2, 0.25) is 0 Å². The van der Waals surface area contributed by atoms with Crippen molar-refractivity contribution in [3.8, 4) is 5.75 Å². The number of hydrogen-bond donors (Lipinski definition) is 2. The van der Waals surface area contributed by atoms with E-state index in [0.717, 1.165) is 18.0 Å². The Labute approximate surface area is 116 Å². The van der Waals surface area contributed by atoms with Crippen LogP contribution in [-0.4, -0.2) is 26.8 Å². The molecule has 19 heavy (non-hydrogen) atoms. The molecule has 6 nitrogen and oxygen atoms in total. The lowest BCUT2D eigenvalue weighted by Gasteiger charge is -2.11. The number of hydrogen-bond acceptors (Lipinski definition) is 6. The molecule has 0 saturated carbocycles. The van der Waals surface area contributed by atoms with Crippen LogP contribution in [0.15, 0.2) is 12.3 Å². The second-order valence-corrected chi connectivity index (χ2v) is 5.29. The Kier molecular flexibility index (Phi) is 4.26. The molecule has 0 aliphatic heterocycles. The van der Waals surface area contributed by atoms with Crippen molar-refractivity contribution >= 4 is 22.4 Å². The number of nitrogens with two attached hydrogens (primary N) is 1. The summed E-state index contributed by atoms with van der Waals surface area (Å²) in [7, 11) is 1.94. The molecule has 0 aromatic carbocycles. The van der Waals surface area contributed by atoms with Crippen LogP contribution in [0.5, 0.6) is 5.75 Å². The van der Waals surface area contributed by atoms with Gasteiger partial charge in [0.25, 0.3) is 0 Å². The summed E-state index contributed by atoms with van der Waals surface area (Å²) in [6.07, 6.45) is 2.76. The predicted octanol–water partition coefficient (Wildman–Crippen LogP) is 1.90. The quantitative estimate of drug-likeness (QED) is 0.845. The van der Waals surface area contributed by atoms with Crippen LogP contribution in [0, 0.1) is 0 Å². The minimum Gasteiger partial charge on any atom is -0.484 e. The summed E-state index contributed by atoms with van der Waals surface area (Å²) in [4.78, 5) is 0. The van der Waals surface area contributed by atoms with E-state index in [0.29, 0.717) is 11.6 Å². The molecular formula is C12H19N5OS. The number of aromatic nitrogens is 3. The lowest BCUT2D eigenvalue weighted by molar-refractivity contribution is 0.245. The first-order valence-electron chi connectivity index (χ1n) is 6.20. The third-order valence-corrected chi connectivity index (χ3v) is 3.42. The van der Waals surface area contributed by atoms with Gasteiger partial charge >= 0.3 is 0 Å². The summed E-state index contributed by atoms with van der Waals surface area (Å²) in [5.41, 5.74) is 6.98. The first-order chi connectivity index (χ1) is 9.08. The molecule has 104 valence electrons. The molecule has 2 heterocycles. The van der Waals surface area contributed by atoms with E-state index in [1.807, 2.05) is 31.6 Å². The first-order valence-corrected chi connectivity index (χ1v) is 6.98. The van der Waals surface area contributed by atoms with Crippen molar-refractivity contribution in [3.05, 3.63) is 18.0 Å². The average molecular weight is 281 g/mol. The highest BCUT2D eigenvalue weighted by Crippen LogP contribution is 2.35. The molecule has 2 aromatic heterocycles. The van der Waals surface area contributed by atoms with Crippen molar-refractivity contribution in [2.24, 2.45) is 7.05 Å². The highest BCUT2D eigenvalue weighted by atomic mass is 32.1. The Morgan fingerprint density at radius 1 is 1.53 bits per heavy atom. The average Bonchev–Trinajstić information content (AvgIpc) is 2.89. The highest BCUT2D eigenvalue weighted by Gasteiger charge is 2.14. The summed E-state index contributed by atoms with van der Waals surface area (Å²) >= 11 is 1.33. The summed E-state index contributed by atoms with van der Waals surface area (Å²) in [6.45, 7) is 4.72. The number of ether oxygens (including phenoxy) is 1. The number of aryl methyl sites for hydroxylation is 1. The normalized spacial score (nSPS) is 10.9. The lowest BCUT2D eigenvalue weighted by Crippen LogP contribution is -2.11. The van der Waals surface area contributed by atoms with E-state index in [4.69, 9.17) is 10.5 Å². The van der Waals surface area contributed by atoms with Crippen molar-refractivity contribution in [1.29, 1.82) is 0 Å². The van der Waals surface area contributed by atoms with E-state index in [-0.39, 0.29) is 6.10 Å². The molecule has 0 aliphatic rings. The zero-order chi connectivity index (χ0) is 13.8. The van der Waals surface area contributed by atoms with Crippen LogP contribution >= 0.6 is 11.5 Å². The van der Waals surface area contributed by atoms with Crippen molar-refractivity contribution in [1.82, 2.24) is 14.2 Å². The fraction of sp³-hybridized carbons (Fsp3) is 0.500. The summed E-state index contributed by atoms with van der Waals surface area (Å²) in [5, 5.41) is 8.34. The van der Waals surface area contributed by atoms with Gasteiger partial charge in [0.1, 0.15) is 0 Å². The first kappa shape index (κ1) is 13.7. The van der Waals surface area contributed by atoms with Crippen LogP contribution in [-0.2, 0) is 13.5 Å². The third-order valence-electron chi connectivity index (χ3n) is 2.62. The van der Waals surface area contributed by atoms with Gasteiger partial charge in [0.15, 0.2) is 16.6 Å². The fourth-order valence-electron chi connectivity index (χ4n) is 1.71. The molecule has 7 heteroatoms. The van der Waals surface area contributed by atoms with Gasteiger partial charge in [0.05, 0.1) is 6.10 Å². The van der Waals surface area contributed by atoms with E-state index in [1.54, 1.807) is 6.20 Å². The van der Waals surface area contributed by atoms with Crippen LogP contribution < -0.4 is 15.8 Å². The molecule has 0 bridgehead atoms. The van der Waals surface area contributed by atoms with Gasteiger partial charge in [0, 0.05) is 31.9 Å². The second kappa shape index (κ2) is 5.92. The van der Waals surface area contributed by atoms with Crippen LogP contribution in [0.25, 0.3) is 0 Å². The molecule has 2 aromatic rings. The van der Waals surface area contributed by atoms with Gasteiger partial charge in [-0.05, 0) is 31.4 Å². The van der Waals surface area contributed by atoms with E-state index >= 15 is 0 Å². The molecule has 0 aliphatic carbocycles. The number of nitrogens with zero attached hydrogens (tertiary/aromatic N) is 3. The van der Waals surface area contributed by atoms with E-state index in [9.17, 15) is 0 Å². The maximum Gasteiger partial charge on any atom is 0.197 e. The second-order valence-electron chi connectivity index (χ2n) is 4.52. The van der Waals surface area contributed by atoms with E-state index in [1.165, 1.54) is 17.2 Å². The van der Waals surface area contributed by atoms with E-state index in [2.05, 4.69) is 14.8 Å². The maximum absolute atomic E-state index is 5.80. The fourth-order valence-corrected chi connectivity index (χ4v) is 2.38. The number of nitrogen functional groups attached to an aromatic ring is 1. The van der Waals surface area contributed by atoms with Crippen molar-refractivity contribution in [2.45, 2.75) is 26.4 Å². The summed E-state index contributed by atoms with van der Waals surface area (Å²) in [5.74, 6) is 1.10. The Hall–Kier alpha value is -1.76. The minimum atomic E-state index is 0.0799. The minimum absolute atomic E-state index is 0.0799. The standard InChI is InChI=1S/C12H19N5OS/c1-8(2)18-10-11(13)16-19-12(10)14-6-4-9-5-7-15-17(9)3/h5,7-8,14H,4,6H2,1-3H3,(H2,13,16). The van der Waals surface area contributed by atoms with Gasteiger partial charge in [-0.15, -0.1) is 0 Å². The maximum atomic E-state index is 5.80. The Morgan fingerprint density at radius 2 is 2.32 bits per heavy atom. The third kappa shape index (κ3) is 3.37.